The monoisotopic (exact) mass is 345 g/mol. The molecule has 0 radical (unpaired) electrons. The Morgan fingerprint density at radius 1 is 1.08 bits per heavy atom. The molecule has 0 bridgehead atoms. The Kier molecular flexibility index (Phi) is 3.96. The molecule has 4 aromatic rings. The molecular formula is C19H19N7. The van der Waals surface area contributed by atoms with E-state index >= 15 is 0 Å². The van der Waals surface area contributed by atoms with Gasteiger partial charge in [-0.2, -0.15) is 0 Å². The van der Waals surface area contributed by atoms with E-state index in [1.165, 1.54) is 5.56 Å². The maximum Gasteiger partial charge on any atom is 0.166 e. The van der Waals surface area contributed by atoms with Gasteiger partial charge in [0.1, 0.15) is 12.1 Å². The molecule has 130 valence electrons. The molecule has 2 N–H and O–H groups in total. The van der Waals surface area contributed by atoms with Gasteiger partial charge in [0.2, 0.25) is 0 Å². The van der Waals surface area contributed by atoms with Crippen LogP contribution in [0.2, 0.25) is 0 Å². The van der Waals surface area contributed by atoms with E-state index in [1.54, 1.807) is 17.0 Å². The number of benzene rings is 1. The smallest absolute Gasteiger partial charge is 0.166 e. The van der Waals surface area contributed by atoms with Gasteiger partial charge in [0.25, 0.3) is 0 Å². The molecule has 7 heteroatoms. The Balaban J connectivity index is 1.74. The summed E-state index contributed by atoms with van der Waals surface area (Å²) in [5.74, 6) is 1.20. The molecule has 7 nitrogen and oxygen atoms in total. The van der Waals surface area contributed by atoms with Gasteiger partial charge < -0.3 is 10.6 Å². The standard InChI is InChI=1S/C19H19N7/c1-13(14-7-4-3-5-8-14)25(2)16-11-15(22-12-23-16)17-18(20)24-26-10-6-9-21-19(17)26/h3-13H,1-2H3,(H2,20,24)/t13-/m0/s1. The van der Waals surface area contributed by atoms with Crippen LogP contribution < -0.4 is 10.6 Å². The Morgan fingerprint density at radius 2 is 1.88 bits per heavy atom. The molecule has 4 rings (SSSR count). The van der Waals surface area contributed by atoms with Gasteiger partial charge in [-0.3, -0.25) is 0 Å². The van der Waals surface area contributed by atoms with Crippen LogP contribution in [0.15, 0.2) is 61.2 Å². The molecule has 1 atom stereocenters. The van der Waals surface area contributed by atoms with Crippen molar-refractivity contribution in [2.24, 2.45) is 0 Å². The van der Waals surface area contributed by atoms with Gasteiger partial charge in [0.15, 0.2) is 11.5 Å². The number of hydrogen-bond donors (Lipinski definition) is 1. The summed E-state index contributed by atoms with van der Waals surface area (Å²) < 4.78 is 1.66. The fourth-order valence-electron chi connectivity index (χ4n) is 2.98. The summed E-state index contributed by atoms with van der Waals surface area (Å²) in [7, 11) is 2.02. The van der Waals surface area contributed by atoms with Gasteiger partial charge in [0, 0.05) is 25.5 Å². The van der Waals surface area contributed by atoms with Crippen LogP contribution in [0.5, 0.6) is 0 Å². The van der Waals surface area contributed by atoms with Crippen molar-refractivity contribution in [1.29, 1.82) is 0 Å². The zero-order valence-electron chi connectivity index (χ0n) is 14.6. The molecule has 3 aromatic heterocycles. The molecule has 0 aliphatic heterocycles. The van der Waals surface area contributed by atoms with Crippen LogP contribution in [0.25, 0.3) is 16.9 Å². The number of aromatic nitrogens is 5. The summed E-state index contributed by atoms with van der Waals surface area (Å²) in [6.45, 7) is 2.14. The maximum atomic E-state index is 6.12. The molecule has 3 heterocycles. The minimum Gasteiger partial charge on any atom is -0.382 e. The van der Waals surface area contributed by atoms with Crippen LogP contribution >= 0.6 is 0 Å². The average molecular weight is 345 g/mol. The lowest BCUT2D eigenvalue weighted by Crippen LogP contribution is -2.22. The van der Waals surface area contributed by atoms with E-state index in [0.717, 1.165) is 11.4 Å². The first kappa shape index (κ1) is 16.0. The van der Waals surface area contributed by atoms with Crippen molar-refractivity contribution in [3.05, 3.63) is 66.7 Å². The van der Waals surface area contributed by atoms with E-state index < -0.39 is 0 Å². The molecule has 0 aliphatic rings. The third-order valence-corrected chi connectivity index (χ3v) is 4.56. The summed E-state index contributed by atoms with van der Waals surface area (Å²) >= 11 is 0. The van der Waals surface area contributed by atoms with Crippen LogP contribution in [0.3, 0.4) is 0 Å². The second-order valence-corrected chi connectivity index (χ2v) is 6.11. The zero-order valence-corrected chi connectivity index (χ0v) is 14.6. The van der Waals surface area contributed by atoms with Crippen LogP contribution in [0, 0.1) is 0 Å². The maximum absolute atomic E-state index is 6.12. The number of nitrogens with two attached hydrogens (primary N) is 1. The normalized spacial score (nSPS) is 12.2. The minimum absolute atomic E-state index is 0.165. The summed E-state index contributed by atoms with van der Waals surface area (Å²) in [6.07, 6.45) is 5.07. The SMILES string of the molecule is C[C@@H](c1ccccc1)N(C)c1cc(-c2c(N)nn3cccnc23)ncn1. The summed E-state index contributed by atoms with van der Waals surface area (Å²) in [5, 5.41) is 4.30. The molecule has 0 aliphatic carbocycles. The number of anilines is 2. The van der Waals surface area contributed by atoms with E-state index in [0.29, 0.717) is 17.2 Å². The molecular weight excluding hydrogens is 326 g/mol. The molecule has 0 amide bonds. The van der Waals surface area contributed by atoms with Crippen molar-refractivity contribution in [1.82, 2.24) is 24.6 Å². The predicted molar refractivity (Wildman–Crippen MR) is 102 cm³/mol. The molecule has 0 spiro atoms. The van der Waals surface area contributed by atoms with Gasteiger partial charge in [0.05, 0.1) is 17.3 Å². The van der Waals surface area contributed by atoms with Gasteiger partial charge in [-0.15, -0.1) is 5.10 Å². The second-order valence-electron chi connectivity index (χ2n) is 6.11. The quantitative estimate of drug-likeness (QED) is 0.612. The number of fused-ring (bicyclic) bond motifs is 1. The van der Waals surface area contributed by atoms with E-state index in [9.17, 15) is 0 Å². The molecule has 26 heavy (non-hydrogen) atoms. The average Bonchev–Trinajstić information content (AvgIpc) is 3.03. The molecule has 0 unspecified atom stereocenters. The van der Waals surface area contributed by atoms with Crippen molar-refractivity contribution < 1.29 is 0 Å². The Labute approximate surface area is 151 Å². The largest absolute Gasteiger partial charge is 0.382 e. The Bertz CT molecular complexity index is 1040. The molecule has 0 saturated heterocycles. The molecule has 1 aromatic carbocycles. The predicted octanol–water partition coefficient (Wildman–Crippen LogP) is 2.97. The van der Waals surface area contributed by atoms with Crippen LogP contribution in [-0.4, -0.2) is 31.6 Å². The van der Waals surface area contributed by atoms with E-state index in [1.807, 2.05) is 43.6 Å². The lowest BCUT2D eigenvalue weighted by Gasteiger charge is -2.26. The minimum atomic E-state index is 0.165. The zero-order chi connectivity index (χ0) is 18.1. The van der Waals surface area contributed by atoms with Crippen LogP contribution in [-0.2, 0) is 0 Å². The lowest BCUT2D eigenvalue weighted by molar-refractivity contribution is 0.727. The van der Waals surface area contributed by atoms with Gasteiger partial charge >= 0.3 is 0 Å². The van der Waals surface area contributed by atoms with Gasteiger partial charge in [-0.1, -0.05) is 30.3 Å². The van der Waals surface area contributed by atoms with Crippen molar-refractivity contribution in [3.8, 4) is 11.3 Å². The Morgan fingerprint density at radius 3 is 2.69 bits per heavy atom. The van der Waals surface area contributed by atoms with Crippen molar-refractivity contribution in [2.75, 3.05) is 17.7 Å². The highest BCUT2D eigenvalue weighted by molar-refractivity contribution is 5.84. The highest BCUT2D eigenvalue weighted by atomic mass is 15.3. The van der Waals surface area contributed by atoms with E-state index in [-0.39, 0.29) is 6.04 Å². The first-order valence-corrected chi connectivity index (χ1v) is 8.34. The third-order valence-electron chi connectivity index (χ3n) is 4.56. The van der Waals surface area contributed by atoms with E-state index in [4.69, 9.17) is 5.73 Å². The van der Waals surface area contributed by atoms with Gasteiger partial charge in [-0.25, -0.2) is 19.5 Å². The molecule has 0 fully saturated rings. The number of hydrogen-bond acceptors (Lipinski definition) is 6. The third kappa shape index (κ3) is 2.73. The summed E-state index contributed by atoms with van der Waals surface area (Å²) in [6, 6.07) is 14.2. The van der Waals surface area contributed by atoms with Crippen molar-refractivity contribution in [2.45, 2.75) is 13.0 Å². The summed E-state index contributed by atoms with van der Waals surface area (Å²) in [4.78, 5) is 15.3. The van der Waals surface area contributed by atoms with Gasteiger partial charge in [-0.05, 0) is 18.6 Å². The highest BCUT2D eigenvalue weighted by Gasteiger charge is 2.18. The first-order chi connectivity index (χ1) is 12.6. The summed E-state index contributed by atoms with van der Waals surface area (Å²) in [5.41, 5.74) is 9.43. The number of nitrogen functional groups attached to an aromatic ring is 1. The topological polar surface area (TPSA) is 85.2 Å². The lowest BCUT2D eigenvalue weighted by atomic mass is 10.1. The van der Waals surface area contributed by atoms with Crippen LogP contribution in [0.1, 0.15) is 18.5 Å². The van der Waals surface area contributed by atoms with E-state index in [2.05, 4.69) is 44.0 Å². The number of rotatable bonds is 4. The number of nitrogens with zero attached hydrogens (tertiary/aromatic N) is 6. The van der Waals surface area contributed by atoms with Crippen molar-refractivity contribution >= 4 is 17.3 Å². The fraction of sp³-hybridized carbons (Fsp3) is 0.158. The van der Waals surface area contributed by atoms with Crippen molar-refractivity contribution in [3.63, 3.8) is 0 Å². The Hall–Kier alpha value is -3.48. The first-order valence-electron chi connectivity index (χ1n) is 8.34. The molecule has 0 saturated carbocycles. The fourth-order valence-corrected chi connectivity index (χ4v) is 2.98. The highest BCUT2D eigenvalue weighted by Crippen LogP contribution is 2.30. The van der Waals surface area contributed by atoms with Crippen LogP contribution in [0.4, 0.5) is 11.6 Å². The second kappa shape index (κ2) is 6.44.